The Hall–Kier alpha value is -1.35. The lowest BCUT2D eigenvalue weighted by Gasteiger charge is -2.21. The van der Waals surface area contributed by atoms with Crippen LogP contribution in [0.4, 0.5) is 0 Å². The standard InChI is InChI=1S/C15H24N2O/c1-4-14(12-8-6-5-7-9-12)17-15(18)13(16)10-11(2)3/h5-9,11,13-14H,4,10,16H2,1-3H3,(H,17,18)/t13-,14-/m0/s1. The summed E-state index contributed by atoms with van der Waals surface area (Å²) in [6, 6.07) is 9.64. The van der Waals surface area contributed by atoms with E-state index in [1.807, 2.05) is 30.3 Å². The van der Waals surface area contributed by atoms with Gasteiger partial charge in [-0.25, -0.2) is 0 Å². The molecule has 0 saturated heterocycles. The highest BCUT2D eigenvalue weighted by molar-refractivity contribution is 5.81. The number of hydrogen-bond acceptors (Lipinski definition) is 2. The molecule has 0 saturated carbocycles. The van der Waals surface area contributed by atoms with Crippen molar-refractivity contribution in [3.63, 3.8) is 0 Å². The normalized spacial score (nSPS) is 14.3. The lowest BCUT2D eigenvalue weighted by molar-refractivity contribution is -0.123. The first-order valence-electron chi connectivity index (χ1n) is 6.65. The van der Waals surface area contributed by atoms with Crippen molar-refractivity contribution < 1.29 is 4.79 Å². The molecule has 0 aliphatic heterocycles. The van der Waals surface area contributed by atoms with Gasteiger partial charge in [0.25, 0.3) is 0 Å². The van der Waals surface area contributed by atoms with Crippen molar-refractivity contribution >= 4 is 5.91 Å². The van der Waals surface area contributed by atoms with E-state index in [2.05, 4.69) is 26.1 Å². The fraction of sp³-hybridized carbons (Fsp3) is 0.533. The number of rotatable bonds is 6. The summed E-state index contributed by atoms with van der Waals surface area (Å²) in [6.07, 6.45) is 1.58. The topological polar surface area (TPSA) is 55.1 Å². The molecule has 2 atom stereocenters. The molecule has 1 rings (SSSR count). The molecule has 1 amide bonds. The van der Waals surface area contributed by atoms with Gasteiger partial charge in [0.05, 0.1) is 12.1 Å². The highest BCUT2D eigenvalue weighted by Gasteiger charge is 2.18. The molecule has 18 heavy (non-hydrogen) atoms. The summed E-state index contributed by atoms with van der Waals surface area (Å²) < 4.78 is 0. The molecule has 0 aliphatic carbocycles. The smallest absolute Gasteiger partial charge is 0.237 e. The summed E-state index contributed by atoms with van der Waals surface area (Å²) in [6.45, 7) is 6.20. The molecule has 0 unspecified atom stereocenters. The zero-order valence-corrected chi connectivity index (χ0v) is 11.5. The first-order chi connectivity index (χ1) is 8.54. The first kappa shape index (κ1) is 14.7. The third-order valence-electron chi connectivity index (χ3n) is 2.99. The van der Waals surface area contributed by atoms with Gasteiger partial charge in [-0.15, -0.1) is 0 Å². The van der Waals surface area contributed by atoms with Gasteiger partial charge >= 0.3 is 0 Å². The second kappa shape index (κ2) is 7.17. The monoisotopic (exact) mass is 248 g/mol. The molecule has 0 heterocycles. The Balaban J connectivity index is 2.61. The van der Waals surface area contributed by atoms with Crippen molar-refractivity contribution in [2.45, 2.75) is 45.7 Å². The van der Waals surface area contributed by atoms with Crippen molar-refractivity contribution in [3.05, 3.63) is 35.9 Å². The minimum absolute atomic E-state index is 0.0527. The maximum absolute atomic E-state index is 12.0. The third-order valence-corrected chi connectivity index (χ3v) is 2.99. The van der Waals surface area contributed by atoms with Crippen LogP contribution in [0.25, 0.3) is 0 Å². The molecule has 0 fully saturated rings. The van der Waals surface area contributed by atoms with Gasteiger partial charge in [-0.3, -0.25) is 4.79 Å². The molecule has 1 aromatic rings. The molecule has 0 bridgehead atoms. The van der Waals surface area contributed by atoms with Gasteiger partial charge in [0.2, 0.25) is 5.91 Å². The summed E-state index contributed by atoms with van der Waals surface area (Å²) >= 11 is 0. The van der Waals surface area contributed by atoms with Crippen LogP contribution in [0, 0.1) is 5.92 Å². The van der Waals surface area contributed by atoms with Gasteiger partial charge in [-0.2, -0.15) is 0 Å². The Labute approximate surface area is 110 Å². The number of nitrogens with two attached hydrogens (primary N) is 1. The molecule has 0 aromatic heterocycles. The van der Waals surface area contributed by atoms with E-state index in [9.17, 15) is 4.79 Å². The van der Waals surface area contributed by atoms with Crippen LogP contribution in [-0.4, -0.2) is 11.9 Å². The van der Waals surface area contributed by atoms with E-state index >= 15 is 0 Å². The highest BCUT2D eigenvalue weighted by atomic mass is 16.2. The SMILES string of the molecule is CC[C@H](NC(=O)[C@@H](N)CC(C)C)c1ccccc1. The maximum Gasteiger partial charge on any atom is 0.237 e. The van der Waals surface area contributed by atoms with Crippen molar-refractivity contribution in [2.24, 2.45) is 11.7 Å². The summed E-state index contributed by atoms with van der Waals surface area (Å²) in [4.78, 5) is 12.0. The van der Waals surface area contributed by atoms with E-state index < -0.39 is 6.04 Å². The lowest BCUT2D eigenvalue weighted by atomic mass is 10.0. The number of benzene rings is 1. The Morgan fingerprint density at radius 1 is 1.28 bits per heavy atom. The number of nitrogens with one attached hydrogen (secondary N) is 1. The van der Waals surface area contributed by atoms with Crippen LogP contribution in [0.1, 0.15) is 45.2 Å². The highest BCUT2D eigenvalue weighted by Crippen LogP contribution is 2.16. The molecule has 100 valence electrons. The molecule has 3 heteroatoms. The van der Waals surface area contributed by atoms with E-state index in [-0.39, 0.29) is 11.9 Å². The average Bonchev–Trinajstić information content (AvgIpc) is 2.35. The Bertz CT molecular complexity index is 362. The molecule has 0 aliphatic rings. The molecule has 0 spiro atoms. The van der Waals surface area contributed by atoms with Gasteiger partial charge < -0.3 is 11.1 Å². The Morgan fingerprint density at radius 3 is 2.39 bits per heavy atom. The molecule has 3 nitrogen and oxygen atoms in total. The van der Waals surface area contributed by atoms with E-state index in [1.165, 1.54) is 0 Å². The number of carbonyl (C=O) groups excluding carboxylic acids is 1. The second-order valence-electron chi connectivity index (χ2n) is 5.12. The van der Waals surface area contributed by atoms with Crippen molar-refractivity contribution in [3.8, 4) is 0 Å². The summed E-state index contributed by atoms with van der Waals surface area (Å²) in [5.41, 5.74) is 7.02. The fourth-order valence-electron chi connectivity index (χ4n) is 2.00. The number of carbonyl (C=O) groups is 1. The van der Waals surface area contributed by atoms with Gasteiger partial charge in [0, 0.05) is 0 Å². The number of amides is 1. The van der Waals surface area contributed by atoms with Gasteiger partial charge in [-0.05, 0) is 24.3 Å². The minimum Gasteiger partial charge on any atom is -0.348 e. The van der Waals surface area contributed by atoms with Crippen LogP contribution >= 0.6 is 0 Å². The predicted molar refractivity (Wildman–Crippen MR) is 75.0 cm³/mol. The van der Waals surface area contributed by atoms with Gasteiger partial charge in [-0.1, -0.05) is 51.1 Å². The first-order valence-corrected chi connectivity index (χ1v) is 6.65. The van der Waals surface area contributed by atoms with Gasteiger partial charge in [0.1, 0.15) is 0 Å². The van der Waals surface area contributed by atoms with Crippen LogP contribution in [0.5, 0.6) is 0 Å². The zero-order valence-electron chi connectivity index (χ0n) is 11.5. The van der Waals surface area contributed by atoms with E-state index in [4.69, 9.17) is 5.73 Å². The molecular formula is C15H24N2O. The van der Waals surface area contributed by atoms with E-state index in [0.29, 0.717) is 5.92 Å². The molecular weight excluding hydrogens is 224 g/mol. The van der Waals surface area contributed by atoms with Crippen molar-refractivity contribution in [1.82, 2.24) is 5.32 Å². The molecule has 0 radical (unpaired) electrons. The number of hydrogen-bond donors (Lipinski definition) is 2. The van der Waals surface area contributed by atoms with Crippen molar-refractivity contribution in [1.29, 1.82) is 0 Å². The molecule has 3 N–H and O–H groups in total. The summed E-state index contributed by atoms with van der Waals surface area (Å²) in [7, 11) is 0. The maximum atomic E-state index is 12.0. The van der Waals surface area contributed by atoms with E-state index in [0.717, 1.165) is 18.4 Å². The van der Waals surface area contributed by atoms with Crippen molar-refractivity contribution in [2.75, 3.05) is 0 Å². The third kappa shape index (κ3) is 4.49. The average molecular weight is 248 g/mol. The minimum atomic E-state index is -0.414. The van der Waals surface area contributed by atoms with E-state index in [1.54, 1.807) is 0 Å². The lowest BCUT2D eigenvalue weighted by Crippen LogP contribution is -2.42. The quantitative estimate of drug-likeness (QED) is 0.813. The summed E-state index contributed by atoms with van der Waals surface area (Å²) in [5.74, 6) is 0.377. The second-order valence-corrected chi connectivity index (χ2v) is 5.12. The van der Waals surface area contributed by atoms with Crippen LogP contribution < -0.4 is 11.1 Å². The van der Waals surface area contributed by atoms with Crippen LogP contribution in [0.2, 0.25) is 0 Å². The largest absolute Gasteiger partial charge is 0.348 e. The van der Waals surface area contributed by atoms with Crippen LogP contribution in [-0.2, 0) is 4.79 Å². The predicted octanol–water partition coefficient (Wildman–Crippen LogP) is 2.63. The molecule has 1 aromatic carbocycles. The zero-order chi connectivity index (χ0) is 13.5. The Morgan fingerprint density at radius 2 is 1.89 bits per heavy atom. The van der Waals surface area contributed by atoms with Gasteiger partial charge in [0.15, 0.2) is 0 Å². The van der Waals surface area contributed by atoms with Crippen LogP contribution in [0.15, 0.2) is 30.3 Å². The fourth-order valence-corrected chi connectivity index (χ4v) is 2.00. The summed E-state index contributed by atoms with van der Waals surface area (Å²) in [5, 5.41) is 3.02. The Kier molecular flexibility index (Phi) is 5.86. The van der Waals surface area contributed by atoms with Crippen LogP contribution in [0.3, 0.4) is 0 Å².